The first-order valence-electron chi connectivity index (χ1n) is 11.2. The monoisotopic (exact) mass is 475 g/mol. The summed E-state index contributed by atoms with van der Waals surface area (Å²) in [5.41, 5.74) is 2.47. The van der Waals surface area contributed by atoms with Crippen LogP contribution in [0.15, 0.2) is 70.6 Å². The highest BCUT2D eigenvalue weighted by Gasteiger charge is 2.31. The fraction of sp³-hybridized carbons (Fsp3) is 0.292. The maximum absolute atomic E-state index is 13.5. The number of nitrogens with zero attached hydrogens (tertiary/aromatic N) is 7. The van der Waals surface area contributed by atoms with Gasteiger partial charge in [-0.25, -0.2) is 4.68 Å². The summed E-state index contributed by atoms with van der Waals surface area (Å²) in [7, 11) is 1.83. The number of hydrogen-bond acceptors (Lipinski definition) is 6. The molecule has 174 valence electrons. The van der Waals surface area contributed by atoms with Crippen molar-refractivity contribution in [2.24, 2.45) is 7.05 Å². The summed E-state index contributed by atoms with van der Waals surface area (Å²) in [6, 6.07) is 19.1. The maximum Gasteiger partial charge on any atom is 0.297 e. The fourth-order valence-electron chi connectivity index (χ4n) is 4.29. The number of likely N-dealkylation sites (tertiary alicyclic amines) is 1. The summed E-state index contributed by atoms with van der Waals surface area (Å²) < 4.78 is 4.83. The molecule has 2 aromatic heterocycles. The highest BCUT2D eigenvalue weighted by Crippen LogP contribution is 2.37. The summed E-state index contributed by atoms with van der Waals surface area (Å²) in [6.45, 7) is 3.37. The van der Waals surface area contributed by atoms with Gasteiger partial charge >= 0.3 is 0 Å². The van der Waals surface area contributed by atoms with Crippen LogP contribution in [0.2, 0.25) is 0 Å². The molecule has 1 atom stereocenters. The number of carbonyl (C=O) groups excluding carboxylic acids is 1. The third-order valence-electron chi connectivity index (χ3n) is 6.14. The minimum absolute atomic E-state index is 0.0368. The Bertz CT molecular complexity index is 1360. The number of para-hydroxylation sites is 1. The smallest absolute Gasteiger partial charge is 0.297 e. The molecule has 1 amide bonds. The Morgan fingerprint density at radius 2 is 1.65 bits per heavy atom. The predicted octanol–water partition coefficient (Wildman–Crippen LogP) is 2.92. The molecule has 3 heterocycles. The van der Waals surface area contributed by atoms with Crippen LogP contribution in [0, 0.1) is 6.92 Å². The molecule has 0 bridgehead atoms. The van der Waals surface area contributed by atoms with Crippen LogP contribution >= 0.6 is 11.8 Å². The van der Waals surface area contributed by atoms with Crippen LogP contribution in [-0.4, -0.2) is 53.5 Å². The van der Waals surface area contributed by atoms with Gasteiger partial charge in [-0.1, -0.05) is 60.3 Å². The van der Waals surface area contributed by atoms with Gasteiger partial charge in [-0.3, -0.25) is 14.3 Å². The molecule has 0 saturated carbocycles. The molecule has 0 aliphatic carbocycles. The van der Waals surface area contributed by atoms with Crippen molar-refractivity contribution >= 4 is 17.7 Å². The minimum atomic E-state index is -0.510. The van der Waals surface area contributed by atoms with Crippen LogP contribution < -0.4 is 5.56 Å². The summed E-state index contributed by atoms with van der Waals surface area (Å²) in [6.07, 6.45) is 2.02. The lowest BCUT2D eigenvalue weighted by Crippen LogP contribution is -2.31. The second kappa shape index (κ2) is 9.30. The molecular formula is C24H25N7O2S. The third kappa shape index (κ3) is 3.94. The number of benzene rings is 2. The first kappa shape index (κ1) is 22.1. The van der Waals surface area contributed by atoms with Gasteiger partial charge in [-0.15, -0.1) is 5.10 Å². The lowest BCUT2D eigenvalue weighted by Gasteiger charge is -2.22. The third-order valence-corrected chi connectivity index (χ3v) is 7.32. The summed E-state index contributed by atoms with van der Waals surface area (Å²) in [5, 5.41) is 12.1. The van der Waals surface area contributed by atoms with Gasteiger partial charge in [0.15, 0.2) is 5.69 Å². The highest BCUT2D eigenvalue weighted by atomic mass is 32.2. The van der Waals surface area contributed by atoms with E-state index < -0.39 is 5.25 Å². The van der Waals surface area contributed by atoms with E-state index in [1.165, 1.54) is 16.4 Å². The number of tetrazole rings is 1. The van der Waals surface area contributed by atoms with Crippen LogP contribution in [0.1, 0.15) is 29.3 Å². The molecule has 1 aliphatic rings. The van der Waals surface area contributed by atoms with Gasteiger partial charge in [0.1, 0.15) is 5.25 Å². The molecule has 0 spiro atoms. The van der Waals surface area contributed by atoms with E-state index in [2.05, 4.69) is 15.5 Å². The van der Waals surface area contributed by atoms with Crippen LogP contribution in [0.3, 0.4) is 0 Å². The Morgan fingerprint density at radius 3 is 2.32 bits per heavy atom. The second-order valence-corrected chi connectivity index (χ2v) is 9.30. The SMILES string of the molecule is Cc1c(-n2nnnc2S[C@H](C(=O)N2CCCC2)c2ccccc2)c(=O)n(-c2ccccc2)n1C. The van der Waals surface area contributed by atoms with E-state index >= 15 is 0 Å². The number of aromatic nitrogens is 6. The Labute approximate surface area is 201 Å². The van der Waals surface area contributed by atoms with E-state index in [0.717, 1.165) is 37.2 Å². The Hall–Kier alpha value is -3.66. The van der Waals surface area contributed by atoms with Crippen molar-refractivity contribution in [2.75, 3.05) is 13.1 Å². The summed E-state index contributed by atoms with van der Waals surface area (Å²) in [5.74, 6) is 0.0368. The molecule has 10 heteroatoms. The zero-order chi connectivity index (χ0) is 23.7. The van der Waals surface area contributed by atoms with E-state index in [1.54, 1.807) is 9.36 Å². The van der Waals surface area contributed by atoms with Crippen molar-refractivity contribution in [1.29, 1.82) is 0 Å². The fourth-order valence-corrected chi connectivity index (χ4v) is 5.35. The van der Waals surface area contributed by atoms with Crippen molar-refractivity contribution in [3.8, 4) is 11.4 Å². The predicted molar refractivity (Wildman–Crippen MR) is 129 cm³/mol. The van der Waals surface area contributed by atoms with Gasteiger partial charge in [-0.2, -0.15) is 4.68 Å². The maximum atomic E-state index is 13.5. The summed E-state index contributed by atoms with van der Waals surface area (Å²) in [4.78, 5) is 28.9. The number of carbonyl (C=O) groups is 1. The average molecular weight is 476 g/mol. The normalized spacial score (nSPS) is 14.5. The van der Waals surface area contributed by atoms with Crippen molar-refractivity contribution in [3.63, 3.8) is 0 Å². The van der Waals surface area contributed by atoms with Gasteiger partial charge < -0.3 is 4.90 Å². The van der Waals surface area contributed by atoms with E-state index in [9.17, 15) is 9.59 Å². The highest BCUT2D eigenvalue weighted by molar-refractivity contribution is 8.00. The van der Waals surface area contributed by atoms with Gasteiger partial charge in [-0.05, 0) is 47.9 Å². The number of hydrogen-bond donors (Lipinski definition) is 0. The van der Waals surface area contributed by atoms with Crippen molar-refractivity contribution in [3.05, 3.63) is 82.3 Å². The first-order valence-corrected chi connectivity index (χ1v) is 12.1. The van der Waals surface area contributed by atoms with Crippen molar-refractivity contribution < 1.29 is 4.79 Å². The first-order chi connectivity index (χ1) is 16.6. The van der Waals surface area contributed by atoms with Crippen LogP contribution in [-0.2, 0) is 11.8 Å². The van der Waals surface area contributed by atoms with Crippen LogP contribution in [0.4, 0.5) is 0 Å². The van der Waals surface area contributed by atoms with Gasteiger partial charge in [0.05, 0.1) is 11.4 Å². The van der Waals surface area contributed by atoms with E-state index in [0.29, 0.717) is 16.5 Å². The lowest BCUT2D eigenvalue weighted by molar-refractivity contribution is -0.129. The molecule has 4 aromatic rings. The Morgan fingerprint density at radius 1 is 1.00 bits per heavy atom. The lowest BCUT2D eigenvalue weighted by atomic mass is 10.1. The van der Waals surface area contributed by atoms with Gasteiger partial charge in [0.2, 0.25) is 11.1 Å². The molecule has 34 heavy (non-hydrogen) atoms. The molecule has 5 rings (SSSR count). The van der Waals surface area contributed by atoms with Gasteiger partial charge in [0, 0.05) is 20.1 Å². The van der Waals surface area contributed by atoms with E-state index in [-0.39, 0.29) is 11.5 Å². The molecule has 0 radical (unpaired) electrons. The number of thioether (sulfide) groups is 1. The molecule has 1 fully saturated rings. The molecule has 9 nitrogen and oxygen atoms in total. The number of amides is 1. The minimum Gasteiger partial charge on any atom is -0.341 e. The van der Waals surface area contributed by atoms with E-state index in [1.807, 2.05) is 79.5 Å². The van der Waals surface area contributed by atoms with Crippen molar-refractivity contribution in [1.82, 2.24) is 34.5 Å². The molecule has 0 unspecified atom stereocenters. The Kier molecular flexibility index (Phi) is 6.06. The van der Waals surface area contributed by atoms with Crippen molar-refractivity contribution in [2.45, 2.75) is 30.2 Å². The van der Waals surface area contributed by atoms with Crippen LogP contribution in [0.25, 0.3) is 11.4 Å². The molecular weight excluding hydrogens is 450 g/mol. The zero-order valence-electron chi connectivity index (χ0n) is 19.0. The topological polar surface area (TPSA) is 90.8 Å². The van der Waals surface area contributed by atoms with E-state index in [4.69, 9.17) is 0 Å². The standard InChI is InChI=1S/C24H25N7O2S/c1-17-20(22(32)31(28(17)2)19-13-7-4-8-14-19)30-24(25-26-27-30)34-21(18-11-5-3-6-12-18)23(33)29-15-9-10-16-29/h3-8,11-14,21H,9-10,15-16H2,1-2H3/t21-/m0/s1. The summed E-state index contributed by atoms with van der Waals surface area (Å²) >= 11 is 1.27. The second-order valence-electron chi connectivity index (χ2n) is 8.22. The van der Waals surface area contributed by atoms with Gasteiger partial charge in [0.25, 0.3) is 5.56 Å². The quantitative estimate of drug-likeness (QED) is 0.398. The Balaban J connectivity index is 1.56. The largest absolute Gasteiger partial charge is 0.341 e. The average Bonchev–Trinajstić information content (AvgIpc) is 3.60. The molecule has 0 N–H and O–H groups in total. The molecule has 2 aromatic carbocycles. The number of rotatable bonds is 6. The molecule has 1 aliphatic heterocycles. The zero-order valence-corrected chi connectivity index (χ0v) is 19.9. The van der Waals surface area contributed by atoms with Crippen LogP contribution in [0.5, 0.6) is 0 Å². The molecule has 1 saturated heterocycles.